The number of halogens is 4. The first-order chi connectivity index (χ1) is 11.6. The highest BCUT2D eigenvalue weighted by Gasteiger charge is 2.29. The van der Waals surface area contributed by atoms with E-state index in [4.69, 9.17) is 0 Å². The van der Waals surface area contributed by atoms with Crippen LogP contribution < -0.4 is 0 Å². The van der Waals surface area contributed by atoms with Crippen LogP contribution in [0, 0.1) is 3.57 Å². The maximum Gasteiger partial charge on any atom is 0.379 e. The molecule has 0 aliphatic rings. The van der Waals surface area contributed by atoms with Crippen LogP contribution in [0.4, 0.5) is 13.2 Å². The summed E-state index contributed by atoms with van der Waals surface area (Å²) in [5.41, 5.74) is 0. The van der Waals surface area contributed by atoms with E-state index < -0.39 is 6.68 Å². The van der Waals surface area contributed by atoms with Crippen LogP contribution in [0.1, 0.15) is 0 Å². The van der Waals surface area contributed by atoms with Gasteiger partial charge in [0.15, 0.2) is 14.7 Å². The van der Waals surface area contributed by atoms with Crippen LogP contribution >= 0.6 is 22.6 Å². The molecule has 3 aromatic carbocycles. The predicted octanol–water partition coefficient (Wildman–Crippen LogP) is 6.57. The SMILES string of the molecule is FC(F)F.Ic1ccccc1[S+](c1ccccc1)c1ccccc1. The van der Waals surface area contributed by atoms with E-state index in [1.54, 1.807) is 0 Å². The maximum absolute atomic E-state index is 9.67. The third-order valence-electron chi connectivity index (χ3n) is 3.01. The Bertz CT molecular complexity index is 694. The summed E-state index contributed by atoms with van der Waals surface area (Å²) in [6.45, 7) is -3.67. The van der Waals surface area contributed by atoms with Crippen molar-refractivity contribution in [3.8, 4) is 0 Å². The zero-order chi connectivity index (χ0) is 17.4. The molecule has 0 N–H and O–H groups in total. The van der Waals surface area contributed by atoms with E-state index in [-0.39, 0.29) is 10.9 Å². The second-order valence-corrected chi connectivity index (χ2v) is 7.77. The highest BCUT2D eigenvalue weighted by atomic mass is 127. The normalized spacial score (nSPS) is 10.4. The zero-order valence-electron chi connectivity index (χ0n) is 12.6. The second kappa shape index (κ2) is 9.74. The van der Waals surface area contributed by atoms with Crippen molar-refractivity contribution >= 4 is 33.5 Å². The van der Waals surface area contributed by atoms with Crippen molar-refractivity contribution in [2.45, 2.75) is 21.4 Å². The van der Waals surface area contributed by atoms with Crippen LogP contribution in [0.3, 0.4) is 0 Å². The molecule has 0 radical (unpaired) electrons. The Labute approximate surface area is 156 Å². The molecule has 24 heavy (non-hydrogen) atoms. The minimum absolute atomic E-state index is 0.0337. The van der Waals surface area contributed by atoms with Crippen LogP contribution in [0.25, 0.3) is 0 Å². The molecule has 0 spiro atoms. The first-order valence-electron chi connectivity index (χ1n) is 7.10. The first kappa shape index (κ1) is 18.9. The molecule has 0 aliphatic heterocycles. The Morgan fingerprint density at radius 1 is 0.625 bits per heavy atom. The quantitative estimate of drug-likeness (QED) is 0.307. The van der Waals surface area contributed by atoms with E-state index in [1.165, 1.54) is 18.3 Å². The Balaban J connectivity index is 0.000000471. The van der Waals surface area contributed by atoms with Crippen LogP contribution in [0.15, 0.2) is 99.6 Å². The minimum atomic E-state index is -3.67. The van der Waals surface area contributed by atoms with Gasteiger partial charge < -0.3 is 0 Å². The summed E-state index contributed by atoms with van der Waals surface area (Å²) in [7, 11) is -0.0337. The Hall–Kier alpha value is -1.47. The Morgan fingerprint density at radius 2 is 1.00 bits per heavy atom. The number of hydrogen-bond acceptors (Lipinski definition) is 0. The van der Waals surface area contributed by atoms with Gasteiger partial charge in [0.2, 0.25) is 0 Å². The van der Waals surface area contributed by atoms with Crippen LogP contribution in [0.5, 0.6) is 0 Å². The van der Waals surface area contributed by atoms with Crippen molar-refractivity contribution in [1.29, 1.82) is 0 Å². The van der Waals surface area contributed by atoms with Gasteiger partial charge in [0.1, 0.15) is 10.9 Å². The van der Waals surface area contributed by atoms with Gasteiger partial charge in [0.25, 0.3) is 0 Å². The van der Waals surface area contributed by atoms with Gasteiger partial charge in [-0.25, -0.2) is 0 Å². The summed E-state index contributed by atoms with van der Waals surface area (Å²) < 4.78 is 30.3. The molecule has 0 unspecified atom stereocenters. The summed E-state index contributed by atoms with van der Waals surface area (Å²) in [6.07, 6.45) is 0. The fourth-order valence-electron chi connectivity index (χ4n) is 2.11. The van der Waals surface area contributed by atoms with E-state index in [2.05, 4.69) is 108 Å². The van der Waals surface area contributed by atoms with Crippen LogP contribution in [-0.4, -0.2) is 6.68 Å². The van der Waals surface area contributed by atoms with Gasteiger partial charge in [-0.2, -0.15) is 13.2 Å². The van der Waals surface area contributed by atoms with E-state index in [0.29, 0.717) is 0 Å². The highest BCUT2D eigenvalue weighted by Crippen LogP contribution is 2.33. The van der Waals surface area contributed by atoms with Crippen molar-refractivity contribution < 1.29 is 13.2 Å². The number of alkyl halides is 3. The Kier molecular flexibility index (Phi) is 7.65. The molecule has 0 bridgehead atoms. The summed E-state index contributed by atoms with van der Waals surface area (Å²) >= 11 is 2.44. The molecule has 0 saturated heterocycles. The molecule has 0 atom stereocenters. The lowest BCUT2D eigenvalue weighted by atomic mass is 10.4. The first-order valence-corrected chi connectivity index (χ1v) is 9.41. The van der Waals surface area contributed by atoms with Crippen molar-refractivity contribution in [2.24, 2.45) is 0 Å². The summed E-state index contributed by atoms with van der Waals surface area (Å²) in [5.74, 6) is 0. The van der Waals surface area contributed by atoms with E-state index >= 15 is 0 Å². The summed E-state index contributed by atoms with van der Waals surface area (Å²) in [4.78, 5) is 4.12. The monoisotopic (exact) mass is 459 g/mol. The summed E-state index contributed by atoms with van der Waals surface area (Å²) in [5, 5.41) is 0. The van der Waals surface area contributed by atoms with Gasteiger partial charge in [-0.1, -0.05) is 48.5 Å². The van der Waals surface area contributed by atoms with Gasteiger partial charge in [0, 0.05) is 0 Å². The van der Waals surface area contributed by atoms with Gasteiger partial charge in [0.05, 0.1) is 3.57 Å². The molecule has 0 heterocycles. The molecule has 0 aromatic heterocycles. The van der Waals surface area contributed by atoms with Crippen molar-refractivity contribution in [3.05, 3.63) is 88.5 Å². The fraction of sp³-hybridized carbons (Fsp3) is 0.0526. The average Bonchev–Trinajstić information content (AvgIpc) is 2.58. The molecule has 0 saturated carbocycles. The number of benzene rings is 3. The molecule has 0 aliphatic carbocycles. The lowest BCUT2D eigenvalue weighted by Gasteiger charge is -2.09. The smallest absolute Gasteiger partial charge is 0.174 e. The van der Waals surface area contributed by atoms with E-state index in [9.17, 15) is 13.2 Å². The van der Waals surface area contributed by atoms with Gasteiger partial charge in [-0.15, -0.1) is 0 Å². The van der Waals surface area contributed by atoms with Gasteiger partial charge in [-0.3, -0.25) is 0 Å². The minimum Gasteiger partial charge on any atom is -0.174 e. The van der Waals surface area contributed by atoms with Crippen molar-refractivity contribution in [1.82, 2.24) is 0 Å². The molecule has 3 aromatic rings. The van der Waals surface area contributed by atoms with Crippen LogP contribution in [-0.2, 0) is 10.9 Å². The highest BCUT2D eigenvalue weighted by molar-refractivity contribution is 14.1. The molecular weight excluding hydrogens is 444 g/mol. The third-order valence-corrected chi connectivity index (χ3v) is 6.60. The lowest BCUT2D eigenvalue weighted by Crippen LogP contribution is -2.06. The van der Waals surface area contributed by atoms with E-state index in [0.717, 1.165) is 0 Å². The van der Waals surface area contributed by atoms with Crippen molar-refractivity contribution in [3.63, 3.8) is 0 Å². The average molecular weight is 459 g/mol. The van der Waals surface area contributed by atoms with E-state index in [1.807, 2.05) is 0 Å². The third kappa shape index (κ3) is 5.56. The molecule has 0 amide bonds. The molecule has 5 heteroatoms. The number of hydrogen-bond donors (Lipinski definition) is 0. The fourth-order valence-corrected chi connectivity index (χ4v) is 5.28. The van der Waals surface area contributed by atoms with Gasteiger partial charge >= 0.3 is 6.68 Å². The molecule has 124 valence electrons. The molecular formula is C19H15F3IS+. The lowest BCUT2D eigenvalue weighted by molar-refractivity contribution is 0.00819. The Morgan fingerprint density at radius 3 is 1.42 bits per heavy atom. The molecule has 0 nitrogen and oxygen atoms in total. The zero-order valence-corrected chi connectivity index (χ0v) is 15.6. The maximum atomic E-state index is 9.67. The predicted molar refractivity (Wildman–Crippen MR) is 101 cm³/mol. The van der Waals surface area contributed by atoms with Crippen molar-refractivity contribution in [2.75, 3.05) is 0 Å². The molecule has 3 rings (SSSR count). The molecule has 0 fully saturated rings. The number of rotatable bonds is 3. The van der Waals surface area contributed by atoms with Gasteiger partial charge in [-0.05, 0) is 59.0 Å². The summed E-state index contributed by atoms with van der Waals surface area (Å²) in [6, 6.07) is 30.2. The largest absolute Gasteiger partial charge is 0.379 e. The topological polar surface area (TPSA) is 0 Å². The van der Waals surface area contributed by atoms with Crippen LogP contribution in [0.2, 0.25) is 0 Å². The second-order valence-electron chi connectivity index (χ2n) is 4.61. The standard InChI is InChI=1S/C18H14IS.CHF3/c19-17-13-7-8-14-18(17)20(15-9-3-1-4-10-15)16-11-5-2-6-12-16;2-1(3)4/h1-14H;1H/q+1;.